The Kier molecular flexibility index (Phi) is 3.61. The van der Waals surface area contributed by atoms with Crippen LogP contribution in [0.2, 0.25) is 0 Å². The first-order chi connectivity index (χ1) is 8.69. The minimum Gasteiger partial charge on any atom is -0.493 e. The topological polar surface area (TPSA) is 64.4 Å². The Bertz CT molecular complexity index is 479. The highest BCUT2D eigenvalue weighted by atomic mass is 32.1. The van der Waals surface area contributed by atoms with Gasteiger partial charge in [0.25, 0.3) is 0 Å². The van der Waals surface area contributed by atoms with E-state index < -0.39 is 0 Å². The Balaban J connectivity index is 2.43. The van der Waals surface area contributed by atoms with Crippen LogP contribution in [0.5, 0.6) is 17.2 Å². The smallest absolute Gasteiger partial charge is 0.215 e. The van der Waals surface area contributed by atoms with Gasteiger partial charge < -0.3 is 19.5 Å². The van der Waals surface area contributed by atoms with Gasteiger partial charge in [0.15, 0.2) is 17.7 Å². The number of methoxy groups -OCH3 is 3. The molecule has 0 aromatic heterocycles. The Hall–Kier alpha value is -1.89. The van der Waals surface area contributed by atoms with Gasteiger partial charge in [-0.2, -0.15) is 5.11 Å². The minimum absolute atomic E-state index is 0.314. The molecule has 7 heteroatoms. The van der Waals surface area contributed by atoms with E-state index in [9.17, 15) is 0 Å². The molecule has 1 aliphatic rings. The Morgan fingerprint density at radius 1 is 1.11 bits per heavy atom. The summed E-state index contributed by atoms with van der Waals surface area (Å²) in [6.07, 6.45) is -0.314. The molecule has 1 aromatic carbocycles. The van der Waals surface area contributed by atoms with E-state index in [1.54, 1.807) is 21.3 Å². The van der Waals surface area contributed by atoms with Crippen LogP contribution in [-0.4, -0.2) is 26.4 Å². The molecule has 0 saturated carbocycles. The Labute approximate surface area is 110 Å². The van der Waals surface area contributed by atoms with Gasteiger partial charge in [-0.05, 0) is 24.4 Å². The largest absolute Gasteiger partial charge is 0.493 e. The molecule has 0 amide bonds. The predicted octanol–water partition coefficient (Wildman–Crippen LogP) is 2.05. The fraction of sp³-hybridized carbons (Fsp3) is 0.364. The van der Waals surface area contributed by atoms with Crippen molar-refractivity contribution < 1.29 is 14.2 Å². The number of hydrogen-bond acceptors (Lipinski definition) is 5. The van der Waals surface area contributed by atoms with Crippen LogP contribution in [0.25, 0.3) is 0 Å². The molecule has 0 saturated heterocycles. The van der Waals surface area contributed by atoms with Gasteiger partial charge in [0, 0.05) is 5.56 Å². The second-order valence-corrected chi connectivity index (χ2v) is 3.91. The first kappa shape index (κ1) is 12.6. The monoisotopic (exact) mass is 267 g/mol. The number of thiocarbonyl (C=S) groups is 1. The first-order valence-electron chi connectivity index (χ1n) is 5.21. The molecule has 0 bridgehead atoms. The van der Waals surface area contributed by atoms with Gasteiger partial charge in [-0.1, -0.05) is 0 Å². The third-order valence-electron chi connectivity index (χ3n) is 2.53. The summed E-state index contributed by atoms with van der Waals surface area (Å²) in [4.78, 5) is 0. The molecule has 96 valence electrons. The minimum atomic E-state index is -0.314. The summed E-state index contributed by atoms with van der Waals surface area (Å²) >= 11 is 4.91. The predicted molar refractivity (Wildman–Crippen MR) is 69.4 cm³/mol. The van der Waals surface area contributed by atoms with Gasteiger partial charge in [0.1, 0.15) is 0 Å². The number of nitrogens with zero attached hydrogens (tertiary/aromatic N) is 2. The van der Waals surface area contributed by atoms with Crippen molar-refractivity contribution in [2.24, 2.45) is 10.2 Å². The van der Waals surface area contributed by atoms with Crippen LogP contribution in [0.3, 0.4) is 0 Å². The van der Waals surface area contributed by atoms with Crippen molar-refractivity contribution in [2.75, 3.05) is 21.3 Å². The van der Waals surface area contributed by atoms with E-state index in [2.05, 4.69) is 15.5 Å². The highest BCUT2D eigenvalue weighted by Gasteiger charge is 2.21. The molecule has 0 fully saturated rings. The molecule has 1 heterocycles. The van der Waals surface area contributed by atoms with E-state index in [0.717, 1.165) is 5.56 Å². The summed E-state index contributed by atoms with van der Waals surface area (Å²) in [5.74, 6) is 1.68. The van der Waals surface area contributed by atoms with E-state index >= 15 is 0 Å². The van der Waals surface area contributed by atoms with Crippen LogP contribution in [0.15, 0.2) is 22.4 Å². The van der Waals surface area contributed by atoms with Gasteiger partial charge in [-0.25, -0.2) is 0 Å². The number of benzene rings is 1. The second-order valence-electron chi connectivity index (χ2n) is 3.53. The fourth-order valence-corrected chi connectivity index (χ4v) is 1.85. The van der Waals surface area contributed by atoms with Crippen LogP contribution < -0.4 is 19.5 Å². The van der Waals surface area contributed by atoms with Gasteiger partial charge in [-0.3, -0.25) is 0 Å². The average Bonchev–Trinajstić information content (AvgIpc) is 2.83. The Morgan fingerprint density at radius 3 is 2.11 bits per heavy atom. The molecule has 2 rings (SSSR count). The van der Waals surface area contributed by atoms with Crippen LogP contribution >= 0.6 is 12.2 Å². The average molecular weight is 267 g/mol. The number of nitrogens with one attached hydrogen (secondary N) is 1. The van der Waals surface area contributed by atoms with Crippen molar-refractivity contribution in [3.63, 3.8) is 0 Å². The lowest BCUT2D eigenvalue weighted by Crippen LogP contribution is -2.18. The van der Waals surface area contributed by atoms with E-state index in [-0.39, 0.29) is 6.17 Å². The maximum Gasteiger partial charge on any atom is 0.215 e. The van der Waals surface area contributed by atoms with Crippen LogP contribution in [-0.2, 0) is 0 Å². The number of hydrogen-bond donors (Lipinski definition) is 1. The zero-order valence-corrected chi connectivity index (χ0v) is 11.1. The molecule has 1 aromatic rings. The van der Waals surface area contributed by atoms with Crippen molar-refractivity contribution in [3.8, 4) is 17.2 Å². The molecule has 0 spiro atoms. The van der Waals surface area contributed by atoms with Crippen molar-refractivity contribution in [2.45, 2.75) is 6.17 Å². The van der Waals surface area contributed by atoms with E-state index in [1.807, 2.05) is 12.1 Å². The maximum atomic E-state index is 5.27. The third-order valence-corrected chi connectivity index (χ3v) is 2.73. The zero-order valence-electron chi connectivity index (χ0n) is 10.3. The lowest BCUT2D eigenvalue weighted by Gasteiger charge is -2.15. The van der Waals surface area contributed by atoms with Gasteiger partial charge in [0.05, 0.1) is 21.3 Å². The molecule has 18 heavy (non-hydrogen) atoms. The highest BCUT2D eigenvalue weighted by molar-refractivity contribution is 7.80. The molecule has 1 atom stereocenters. The summed E-state index contributed by atoms with van der Waals surface area (Å²) in [6, 6.07) is 3.62. The lowest BCUT2D eigenvalue weighted by molar-refractivity contribution is 0.323. The highest BCUT2D eigenvalue weighted by Crippen LogP contribution is 2.40. The number of azo groups is 1. The molecular formula is C11H13N3O3S. The molecule has 1 unspecified atom stereocenters. The van der Waals surface area contributed by atoms with Crippen LogP contribution in [0.1, 0.15) is 11.7 Å². The molecule has 0 radical (unpaired) electrons. The molecule has 1 aliphatic heterocycles. The summed E-state index contributed by atoms with van der Waals surface area (Å²) < 4.78 is 15.8. The summed E-state index contributed by atoms with van der Waals surface area (Å²) in [6.45, 7) is 0. The van der Waals surface area contributed by atoms with E-state index in [4.69, 9.17) is 26.4 Å². The van der Waals surface area contributed by atoms with Crippen LogP contribution in [0.4, 0.5) is 0 Å². The van der Waals surface area contributed by atoms with E-state index in [0.29, 0.717) is 22.4 Å². The molecule has 1 N–H and O–H groups in total. The molecule has 0 aliphatic carbocycles. The van der Waals surface area contributed by atoms with Gasteiger partial charge in [-0.15, -0.1) is 5.11 Å². The maximum absolute atomic E-state index is 5.27. The summed E-state index contributed by atoms with van der Waals surface area (Å²) in [5.41, 5.74) is 0.841. The fourth-order valence-electron chi connectivity index (χ4n) is 1.69. The van der Waals surface area contributed by atoms with E-state index in [1.165, 1.54) is 0 Å². The first-order valence-corrected chi connectivity index (χ1v) is 5.61. The van der Waals surface area contributed by atoms with Crippen molar-refractivity contribution in [1.29, 1.82) is 0 Å². The van der Waals surface area contributed by atoms with Crippen molar-refractivity contribution in [1.82, 2.24) is 5.32 Å². The molecular weight excluding hydrogens is 254 g/mol. The van der Waals surface area contributed by atoms with Crippen LogP contribution in [0, 0.1) is 0 Å². The van der Waals surface area contributed by atoms with Crippen molar-refractivity contribution in [3.05, 3.63) is 17.7 Å². The SMILES string of the molecule is COc1cc(C2N=NC(=S)N2)cc(OC)c1OC. The number of ether oxygens (including phenoxy) is 3. The third kappa shape index (κ3) is 2.21. The van der Waals surface area contributed by atoms with Crippen molar-refractivity contribution >= 4 is 17.3 Å². The van der Waals surface area contributed by atoms with Gasteiger partial charge in [0.2, 0.25) is 10.9 Å². The molecule has 6 nitrogen and oxygen atoms in total. The summed E-state index contributed by atoms with van der Waals surface area (Å²) in [7, 11) is 4.69. The summed E-state index contributed by atoms with van der Waals surface area (Å²) in [5, 5.41) is 11.1. The zero-order chi connectivity index (χ0) is 13.1. The number of rotatable bonds is 4. The standard InChI is InChI=1S/C11H13N3O3S/c1-15-7-4-6(10-12-11(18)14-13-10)5-8(16-2)9(7)17-3/h4-5,10H,1-3H3,(H,12,18). The Morgan fingerprint density at radius 2 is 1.72 bits per heavy atom. The quantitative estimate of drug-likeness (QED) is 0.846. The normalized spacial score (nSPS) is 17.5. The van der Waals surface area contributed by atoms with Gasteiger partial charge >= 0.3 is 0 Å². The lowest BCUT2D eigenvalue weighted by atomic mass is 10.1. The second kappa shape index (κ2) is 5.18.